The highest BCUT2D eigenvalue weighted by Crippen LogP contribution is 2.27. The Bertz CT molecular complexity index is 1320. The number of carbonyl (C=O) groups is 2. The Morgan fingerprint density at radius 2 is 1.97 bits per heavy atom. The summed E-state index contributed by atoms with van der Waals surface area (Å²) >= 11 is 4.17. The lowest BCUT2D eigenvalue weighted by atomic mass is 10.1. The van der Waals surface area contributed by atoms with Crippen molar-refractivity contribution >= 4 is 51.8 Å². The van der Waals surface area contributed by atoms with Crippen LogP contribution in [0.3, 0.4) is 0 Å². The van der Waals surface area contributed by atoms with Crippen molar-refractivity contribution in [1.82, 2.24) is 30.3 Å². The lowest BCUT2D eigenvalue weighted by Crippen LogP contribution is -2.24. The van der Waals surface area contributed by atoms with E-state index in [0.717, 1.165) is 26.9 Å². The maximum Gasteiger partial charge on any atom is 0.287 e. The van der Waals surface area contributed by atoms with E-state index in [9.17, 15) is 9.59 Å². The molecule has 0 aliphatic heterocycles. The highest BCUT2D eigenvalue weighted by atomic mass is 32.2. The molecule has 0 atom stereocenters. The number of anilines is 1. The number of hydrogen-bond donors (Lipinski definition) is 2. The Hall–Kier alpha value is -3.16. The molecular weight excluding hydrogens is 506 g/mol. The standard InChI is InChI=1S/C22H23N7O3S3/c1-4-33-22-28-26-20(35-22)24-18(30)12-34-21-27-25-17(11-23-19(31)16-6-5-9-32-16)29(21)15-10-13(2)7-8-14(15)3/h5-10H,4,11-12H2,1-3H3,(H,23,31)(H,24,26,30). The first-order chi connectivity index (χ1) is 16.9. The SMILES string of the molecule is CCSc1nnc(NC(=O)CSc2nnc(CNC(=O)c3ccco3)n2-c2cc(C)ccc2C)s1. The van der Waals surface area contributed by atoms with E-state index in [1.165, 1.54) is 29.4 Å². The van der Waals surface area contributed by atoms with Gasteiger partial charge in [0.05, 0.1) is 24.2 Å². The number of nitrogens with one attached hydrogen (secondary N) is 2. The number of aryl methyl sites for hydroxylation is 2. The van der Waals surface area contributed by atoms with E-state index in [4.69, 9.17) is 4.42 Å². The van der Waals surface area contributed by atoms with Crippen molar-refractivity contribution in [3.8, 4) is 5.69 Å². The normalized spacial score (nSPS) is 10.9. The molecule has 4 aromatic rings. The van der Waals surface area contributed by atoms with Gasteiger partial charge < -0.3 is 9.73 Å². The zero-order chi connectivity index (χ0) is 24.8. The summed E-state index contributed by atoms with van der Waals surface area (Å²) in [6.07, 6.45) is 1.44. The molecule has 0 unspecified atom stereocenters. The molecule has 0 fully saturated rings. The number of benzene rings is 1. The third-order valence-corrected chi connectivity index (χ3v) is 7.49. The lowest BCUT2D eigenvalue weighted by molar-refractivity contribution is -0.113. The first-order valence-corrected chi connectivity index (χ1v) is 13.5. The van der Waals surface area contributed by atoms with Crippen molar-refractivity contribution in [2.45, 2.75) is 36.8 Å². The molecule has 0 saturated carbocycles. The summed E-state index contributed by atoms with van der Waals surface area (Å²) in [5.41, 5.74) is 2.95. The summed E-state index contributed by atoms with van der Waals surface area (Å²) in [7, 11) is 0. The van der Waals surface area contributed by atoms with E-state index in [-0.39, 0.29) is 29.9 Å². The van der Waals surface area contributed by atoms with E-state index in [1.54, 1.807) is 23.9 Å². The fraction of sp³-hybridized carbons (Fsp3) is 0.273. The van der Waals surface area contributed by atoms with Gasteiger partial charge in [-0.25, -0.2) is 0 Å². The second-order valence-electron chi connectivity index (χ2n) is 7.33. The maximum absolute atomic E-state index is 12.6. The average Bonchev–Trinajstić information content (AvgIpc) is 3.60. The number of hydrogen-bond acceptors (Lipinski definition) is 10. The first-order valence-electron chi connectivity index (χ1n) is 10.7. The lowest BCUT2D eigenvalue weighted by Gasteiger charge is -2.14. The molecule has 182 valence electrons. The maximum atomic E-state index is 12.6. The highest BCUT2D eigenvalue weighted by Gasteiger charge is 2.19. The van der Waals surface area contributed by atoms with Crippen LogP contribution in [0.2, 0.25) is 0 Å². The van der Waals surface area contributed by atoms with Gasteiger partial charge in [0.15, 0.2) is 21.1 Å². The van der Waals surface area contributed by atoms with E-state index < -0.39 is 0 Å². The van der Waals surface area contributed by atoms with E-state index in [0.29, 0.717) is 16.1 Å². The fourth-order valence-corrected chi connectivity index (χ4v) is 5.52. The molecule has 13 heteroatoms. The number of rotatable bonds is 10. The molecule has 4 rings (SSSR count). The molecule has 0 aliphatic rings. The van der Waals surface area contributed by atoms with E-state index in [1.807, 2.05) is 43.5 Å². The molecule has 0 spiro atoms. The van der Waals surface area contributed by atoms with Gasteiger partial charge in [-0.05, 0) is 48.9 Å². The van der Waals surface area contributed by atoms with E-state index >= 15 is 0 Å². The summed E-state index contributed by atoms with van der Waals surface area (Å²) in [6, 6.07) is 9.30. The largest absolute Gasteiger partial charge is 0.459 e. The van der Waals surface area contributed by atoms with Crippen LogP contribution in [0.15, 0.2) is 50.5 Å². The predicted molar refractivity (Wildman–Crippen MR) is 136 cm³/mol. The molecular formula is C22H23N7O3S3. The van der Waals surface area contributed by atoms with Crippen molar-refractivity contribution in [1.29, 1.82) is 0 Å². The molecule has 3 aromatic heterocycles. The van der Waals surface area contributed by atoms with Crippen LogP contribution in [0.1, 0.15) is 34.4 Å². The number of furan rings is 1. The zero-order valence-corrected chi connectivity index (χ0v) is 21.7. The second-order valence-corrected chi connectivity index (χ2v) is 10.8. The van der Waals surface area contributed by atoms with Gasteiger partial charge in [-0.3, -0.25) is 19.5 Å². The van der Waals surface area contributed by atoms with Crippen molar-refractivity contribution in [2.24, 2.45) is 0 Å². The van der Waals surface area contributed by atoms with Crippen molar-refractivity contribution in [2.75, 3.05) is 16.8 Å². The van der Waals surface area contributed by atoms with Crippen LogP contribution in [0, 0.1) is 13.8 Å². The van der Waals surface area contributed by atoms with Gasteiger partial charge in [0.25, 0.3) is 5.91 Å². The van der Waals surface area contributed by atoms with Gasteiger partial charge in [0.1, 0.15) is 0 Å². The summed E-state index contributed by atoms with van der Waals surface area (Å²) < 4.78 is 7.83. The highest BCUT2D eigenvalue weighted by molar-refractivity contribution is 8.01. The van der Waals surface area contributed by atoms with Crippen LogP contribution >= 0.6 is 34.9 Å². The minimum Gasteiger partial charge on any atom is -0.459 e. The Morgan fingerprint density at radius 1 is 1.11 bits per heavy atom. The summed E-state index contributed by atoms with van der Waals surface area (Å²) in [5.74, 6) is 1.17. The Balaban J connectivity index is 1.51. The van der Waals surface area contributed by atoms with Gasteiger partial charge in [-0.2, -0.15) is 0 Å². The van der Waals surface area contributed by atoms with Crippen LogP contribution in [-0.2, 0) is 11.3 Å². The quantitative estimate of drug-likeness (QED) is 0.230. The monoisotopic (exact) mass is 529 g/mol. The third-order valence-electron chi connectivity index (χ3n) is 4.71. The topological polar surface area (TPSA) is 128 Å². The molecule has 10 nitrogen and oxygen atoms in total. The summed E-state index contributed by atoms with van der Waals surface area (Å²) in [5, 5.41) is 23.2. The number of thioether (sulfide) groups is 2. The molecule has 3 heterocycles. The Labute approximate surface area is 214 Å². The predicted octanol–water partition coefficient (Wildman–Crippen LogP) is 4.10. The van der Waals surface area contributed by atoms with Crippen LogP contribution < -0.4 is 10.6 Å². The molecule has 0 saturated heterocycles. The fourth-order valence-electron chi connectivity index (χ4n) is 3.09. The average molecular weight is 530 g/mol. The third kappa shape index (κ3) is 6.29. The zero-order valence-electron chi connectivity index (χ0n) is 19.3. The Morgan fingerprint density at radius 3 is 2.74 bits per heavy atom. The van der Waals surface area contributed by atoms with Gasteiger partial charge in [-0.1, -0.05) is 53.9 Å². The minimum atomic E-state index is -0.350. The van der Waals surface area contributed by atoms with Crippen LogP contribution in [0.4, 0.5) is 5.13 Å². The number of aromatic nitrogens is 5. The summed E-state index contributed by atoms with van der Waals surface area (Å²) in [6.45, 7) is 6.15. The van der Waals surface area contributed by atoms with Crippen molar-refractivity contribution in [3.63, 3.8) is 0 Å². The van der Waals surface area contributed by atoms with Crippen LogP contribution in [-0.4, -0.2) is 48.3 Å². The molecule has 2 N–H and O–H groups in total. The Kier molecular flexibility index (Phi) is 8.21. The first kappa shape index (κ1) is 24.9. The molecule has 35 heavy (non-hydrogen) atoms. The van der Waals surface area contributed by atoms with Gasteiger partial charge in [0.2, 0.25) is 11.0 Å². The van der Waals surface area contributed by atoms with Gasteiger partial charge in [0, 0.05) is 0 Å². The molecule has 0 radical (unpaired) electrons. The second kappa shape index (κ2) is 11.5. The number of amides is 2. The van der Waals surface area contributed by atoms with Crippen molar-refractivity contribution in [3.05, 3.63) is 59.3 Å². The molecule has 2 amide bonds. The summed E-state index contributed by atoms with van der Waals surface area (Å²) in [4.78, 5) is 24.9. The van der Waals surface area contributed by atoms with Crippen molar-refractivity contribution < 1.29 is 14.0 Å². The van der Waals surface area contributed by atoms with E-state index in [2.05, 4.69) is 31.0 Å². The van der Waals surface area contributed by atoms with Gasteiger partial charge in [-0.15, -0.1) is 20.4 Å². The minimum absolute atomic E-state index is 0.109. The van der Waals surface area contributed by atoms with Crippen LogP contribution in [0.25, 0.3) is 5.69 Å². The molecule has 0 bridgehead atoms. The number of nitrogens with zero attached hydrogens (tertiary/aromatic N) is 5. The smallest absolute Gasteiger partial charge is 0.287 e. The van der Waals surface area contributed by atoms with Crippen LogP contribution in [0.5, 0.6) is 0 Å². The molecule has 0 aliphatic carbocycles. The molecule has 1 aromatic carbocycles. The number of carbonyl (C=O) groups excluding carboxylic acids is 2. The van der Waals surface area contributed by atoms with Gasteiger partial charge >= 0.3 is 0 Å².